The Hall–Kier alpha value is -1.14. The van der Waals surface area contributed by atoms with Gasteiger partial charge >= 0.3 is 0 Å². The first-order valence-corrected chi connectivity index (χ1v) is 6.55. The molecule has 0 aliphatic heterocycles. The minimum Gasteiger partial charge on any atom is -0.321 e. The number of rotatable bonds is 4. The topological polar surface area (TPSA) is 69.1 Å². The van der Waals surface area contributed by atoms with Gasteiger partial charge in [0.05, 0.1) is 11.7 Å². The van der Waals surface area contributed by atoms with E-state index in [1.54, 1.807) is 16.3 Å². The summed E-state index contributed by atoms with van der Waals surface area (Å²) in [6.45, 7) is 1.94. The van der Waals surface area contributed by atoms with Crippen LogP contribution in [0.1, 0.15) is 24.0 Å². The van der Waals surface area contributed by atoms with Crippen LogP contribution in [0.2, 0.25) is 0 Å². The van der Waals surface area contributed by atoms with E-state index in [-0.39, 0.29) is 6.04 Å². The summed E-state index contributed by atoms with van der Waals surface area (Å²) in [7, 11) is 0. The molecule has 0 saturated heterocycles. The first kappa shape index (κ1) is 11.3. The molecule has 1 unspecified atom stereocenters. The molecule has 2 aromatic rings. The molecule has 2 rings (SSSR count). The van der Waals surface area contributed by atoms with Gasteiger partial charge in [0.2, 0.25) is 0 Å². The molecule has 0 spiro atoms. The van der Waals surface area contributed by atoms with Crippen molar-refractivity contribution in [3.05, 3.63) is 23.7 Å². The normalized spacial score (nSPS) is 13.2. The number of hydrogen-bond acceptors (Lipinski definition) is 5. The minimum absolute atomic E-state index is 0.100. The molecule has 2 aromatic heterocycles. The van der Waals surface area contributed by atoms with E-state index >= 15 is 0 Å². The Morgan fingerprint density at radius 1 is 1.44 bits per heavy atom. The lowest BCUT2D eigenvalue weighted by Gasteiger charge is -2.07. The second kappa shape index (κ2) is 4.80. The van der Waals surface area contributed by atoms with Crippen LogP contribution in [0, 0.1) is 6.92 Å². The smallest absolute Gasteiger partial charge is 0.177 e. The summed E-state index contributed by atoms with van der Waals surface area (Å²) in [5, 5.41) is 12.5. The summed E-state index contributed by atoms with van der Waals surface area (Å²) in [5.41, 5.74) is 7.75. The molecular weight excluding hydrogens is 222 g/mol. The van der Waals surface area contributed by atoms with Crippen LogP contribution in [0.25, 0.3) is 5.65 Å². The van der Waals surface area contributed by atoms with Crippen molar-refractivity contribution in [2.45, 2.75) is 19.4 Å². The molecule has 0 aromatic carbocycles. The molecule has 2 N–H and O–H groups in total. The van der Waals surface area contributed by atoms with E-state index in [1.807, 2.05) is 19.1 Å². The predicted octanol–water partition coefficient (Wildman–Crippen LogP) is 1.19. The zero-order valence-corrected chi connectivity index (χ0v) is 10.2. The molecule has 16 heavy (non-hydrogen) atoms. The number of fused-ring (bicyclic) bond motifs is 1. The van der Waals surface area contributed by atoms with Gasteiger partial charge in [0, 0.05) is 0 Å². The van der Waals surface area contributed by atoms with Gasteiger partial charge in [-0.1, -0.05) is 0 Å². The molecule has 2 heterocycles. The zero-order chi connectivity index (χ0) is 11.5. The van der Waals surface area contributed by atoms with Gasteiger partial charge < -0.3 is 5.73 Å². The van der Waals surface area contributed by atoms with Crippen molar-refractivity contribution in [1.82, 2.24) is 19.8 Å². The maximum atomic E-state index is 6.07. The van der Waals surface area contributed by atoms with Gasteiger partial charge in [-0.3, -0.25) is 0 Å². The first-order valence-electron chi connectivity index (χ1n) is 5.16. The zero-order valence-electron chi connectivity index (χ0n) is 9.42. The first-order chi connectivity index (χ1) is 7.72. The van der Waals surface area contributed by atoms with Crippen LogP contribution in [-0.4, -0.2) is 31.8 Å². The fourth-order valence-corrected chi connectivity index (χ4v) is 1.99. The molecule has 6 heteroatoms. The highest BCUT2D eigenvalue weighted by Gasteiger charge is 2.14. The predicted molar refractivity (Wildman–Crippen MR) is 65.4 cm³/mol. The summed E-state index contributed by atoms with van der Waals surface area (Å²) in [6.07, 6.45) is 2.95. The van der Waals surface area contributed by atoms with Crippen LogP contribution in [0.5, 0.6) is 0 Å². The van der Waals surface area contributed by atoms with Crippen LogP contribution >= 0.6 is 11.8 Å². The fourth-order valence-electron chi connectivity index (χ4n) is 1.50. The maximum Gasteiger partial charge on any atom is 0.177 e. The van der Waals surface area contributed by atoms with Crippen molar-refractivity contribution < 1.29 is 0 Å². The number of aryl methyl sites for hydroxylation is 1. The number of nitrogens with two attached hydrogens (primary N) is 1. The number of hydrogen-bond donors (Lipinski definition) is 1. The third-order valence-electron chi connectivity index (χ3n) is 2.38. The molecule has 0 fully saturated rings. The van der Waals surface area contributed by atoms with Crippen LogP contribution in [0.15, 0.2) is 12.1 Å². The molecule has 0 aliphatic rings. The SMILES string of the molecule is CSCCC(N)c1nnc2ccc(C)nn12. The van der Waals surface area contributed by atoms with Gasteiger partial charge in [-0.15, -0.1) is 10.2 Å². The molecule has 0 radical (unpaired) electrons. The monoisotopic (exact) mass is 237 g/mol. The molecular formula is C10H15N5S. The fraction of sp³-hybridized carbons (Fsp3) is 0.500. The van der Waals surface area contributed by atoms with Gasteiger partial charge in [-0.25, -0.2) is 0 Å². The molecule has 5 nitrogen and oxygen atoms in total. The Bertz CT molecular complexity index is 481. The average molecular weight is 237 g/mol. The Balaban J connectivity index is 2.33. The van der Waals surface area contributed by atoms with E-state index < -0.39 is 0 Å². The second-order valence-corrected chi connectivity index (χ2v) is 4.68. The van der Waals surface area contributed by atoms with E-state index in [4.69, 9.17) is 5.73 Å². The van der Waals surface area contributed by atoms with Gasteiger partial charge in [-0.05, 0) is 37.5 Å². The third kappa shape index (κ3) is 2.17. The standard InChI is InChI=1S/C10H15N5S/c1-7-3-4-9-12-13-10(15(9)14-7)8(11)5-6-16-2/h3-4,8H,5-6,11H2,1-2H3. The highest BCUT2D eigenvalue weighted by atomic mass is 32.2. The van der Waals surface area contributed by atoms with Gasteiger partial charge in [0.1, 0.15) is 0 Å². The third-order valence-corrected chi connectivity index (χ3v) is 3.03. The summed E-state index contributed by atoms with van der Waals surface area (Å²) >= 11 is 1.78. The summed E-state index contributed by atoms with van der Waals surface area (Å²) < 4.78 is 1.74. The Morgan fingerprint density at radius 3 is 3.00 bits per heavy atom. The number of thioether (sulfide) groups is 1. The van der Waals surface area contributed by atoms with E-state index in [9.17, 15) is 0 Å². The van der Waals surface area contributed by atoms with Gasteiger partial charge in [-0.2, -0.15) is 21.4 Å². The lowest BCUT2D eigenvalue weighted by Crippen LogP contribution is -2.16. The van der Waals surface area contributed by atoms with E-state index in [2.05, 4.69) is 21.6 Å². The molecule has 1 atom stereocenters. The largest absolute Gasteiger partial charge is 0.321 e. The van der Waals surface area contributed by atoms with Crippen molar-refractivity contribution in [2.24, 2.45) is 5.73 Å². The van der Waals surface area contributed by atoms with Crippen molar-refractivity contribution in [1.29, 1.82) is 0 Å². The highest BCUT2D eigenvalue weighted by molar-refractivity contribution is 7.98. The lowest BCUT2D eigenvalue weighted by molar-refractivity contribution is 0.625. The summed E-state index contributed by atoms with van der Waals surface area (Å²) in [4.78, 5) is 0. The van der Waals surface area contributed by atoms with E-state index in [1.165, 1.54) is 0 Å². The van der Waals surface area contributed by atoms with E-state index in [0.717, 1.165) is 29.3 Å². The van der Waals surface area contributed by atoms with Crippen molar-refractivity contribution in [3.8, 4) is 0 Å². The minimum atomic E-state index is -0.100. The molecule has 0 aliphatic carbocycles. The van der Waals surface area contributed by atoms with Crippen molar-refractivity contribution in [3.63, 3.8) is 0 Å². The number of nitrogens with zero attached hydrogens (tertiary/aromatic N) is 4. The Morgan fingerprint density at radius 2 is 2.25 bits per heavy atom. The second-order valence-electron chi connectivity index (χ2n) is 3.69. The Labute approximate surface area is 98.4 Å². The van der Waals surface area contributed by atoms with Crippen LogP contribution in [0.4, 0.5) is 0 Å². The highest BCUT2D eigenvalue weighted by Crippen LogP contribution is 2.14. The van der Waals surface area contributed by atoms with Crippen LogP contribution in [0.3, 0.4) is 0 Å². The molecule has 86 valence electrons. The van der Waals surface area contributed by atoms with Gasteiger partial charge in [0.25, 0.3) is 0 Å². The van der Waals surface area contributed by atoms with Crippen LogP contribution in [-0.2, 0) is 0 Å². The Kier molecular flexibility index (Phi) is 3.40. The molecule has 0 saturated carbocycles. The quantitative estimate of drug-likeness (QED) is 0.865. The maximum absolute atomic E-state index is 6.07. The molecule has 0 bridgehead atoms. The van der Waals surface area contributed by atoms with Crippen molar-refractivity contribution >= 4 is 17.4 Å². The number of aromatic nitrogens is 4. The summed E-state index contributed by atoms with van der Waals surface area (Å²) in [5.74, 6) is 1.76. The lowest BCUT2D eigenvalue weighted by atomic mass is 10.2. The van der Waals surface area contributed by atoms with E-state index in [0.29, 0.717) is 0 Å². The molecule has 0 amide bonds. The van der Waals surface area contributed by atoms with Gasteiger partial charge in [0.15, 0.2) is 11.5 Å². The average Bonchev–Trinajstić information content (AvgIpc) is 2.68. The summed E-state index contributed by atoms with van der Waals surface area (Å²) in [6, 6.07) is 3.72. The van der Waals surface area contributed by atoms with Crippen LogP contribution < -0.4 is 5.73 Å². The van der Waals surface area contributed by atoms with Crippen molar-refractivity contribution in [2.75, 3.05) is 12.0 Å².